The van der Waals surface area contributed by atoms with E-state index in [0.29, 0.717) is 6.54 Å². The van der Waals surface area contributed by atoms with Crippen LogP contribution in [0.2, 0.25) is 0 Å². The number of amides is 1. The SMILES string of the molecule is C#CCNCC(=O)NC(C)c1ccc(C(C)(C)C)cc1. The van der Waals surface area contributed by atoms with Crippen molar-refractivity contribution in [2.45, 2.75) is 39.2 Å². The van der Waals surface area contributed by atoms with E-state index in [2.05, 4.69) is 61.6 Å². The van der Waals surface area contributed by atoms with Gasteiger partial charge in [-0.3, -0.25) is 10.1 Å². The minimum absolute atomic E-state index is 0.0100. The molecule has 0 aliphatic heterocycles. The molecule has 1 unspecified atom stereocenters. The van der Waals surface area contributed by atoms with E-state index in [-0.39, 0.29) is 23.9 Å². The highest BCUT2D eigenvalue weighted by atomic mass is 16.1. The lowest BCUT2D eigenvalue weighted by atomic mass is 9.86. The summed E-state index contributed by atoms with van der Waals surface area (Å²) < 4.78 is 0. The molecule has 1 rings (SSSR count). The molecule has 20 heavy (non-hydrogen) atoms. The Labute approximate surface area is 122 Å². The molecule has 1 aromatic carbocycles. The molecule has 0 spiro atoms. The Morgan fingerprint density at radius 2 is 1.90 bits per heavy atom. The first kappa shape index (κ1) is 16.3. The number of hydrogen-bond donors (Lipinski definition) is 2. The first-order valence-electron chi connectivity index (χ1n) is 6.88. The zero-order valence-corrected chi connectivity index (χ0v) is 12.8. The average molecular weight is 272 g/mol. The molecule has 1 atom stereocenters. The third-order valence-electron chi connectivity index (χ3n) is 3.17. The van der Waals surface area contributed by atoms with Gasteiger partial charge in [0.25, 0.3) is 0 Å². The average Bonchev–Trinajstić information content (AvgIpc) is 2.38. The molecule has 0 saturated carbocycles. The van der Waals surface area contributed by atoms with Gasteiger partial charge in [-0.1, -0.05) is 51.0 Å². The molecule has 0 bridgehead atoms. The lowest BCUT2D eigenvalue weighted by Gasteiger charge is -2.20. The number of rotatable bonds is 5. The van der Waals surface area contributed by atoms with Gasteiger partial charge in [0.1, 0.15) is 0 Å². The third-order valence-corrected chi connectivity index (χ3v) is 3.17. The van der Waals surface area contributed by atoms with Crippen molar-refractivity contribution in [2.24, 2.45) is 0 Å². The van der Waals surface area contributed by atoms with Crippen LogP contribution in [0.3, 0.4) is 0 Å². The highest BCUT2D eigenvalue weighted by molar-refractivity contribution is 5.78. The molecule has 0 saturated heterocycles. The van der Waals surface area contributed by atoms with Crippen molar-refractivity contribution < 1.29 is 4.79 Å². The van der Waals surface area contributed by atoms with Gasteiger partial charge >= 0.3 is 0 Å². The second-order valence-corrected chi connectivity index (χ2v) is 5.97. The molecule has 1 aromatic rings. The van der Waals surface area contributed by atoms with Crippen LogP contribution in [0.5, 0.6) is 0 Å². The van der Waals surface area contributed by atoms with Crippen molar-refractivity contribution in [1.82, 2.24) is 10.6 Å². The van der Waals surface area contributed by atoms with Gasteiger partial charge in [-0.15, -0.1) is 6.42 Å². The highest BCUT2D eigenvalue weighted by Crippen LogP contribution is 2.23. The minimum atomic E-state index is -0.0485. The molecule has 3 nitrogen and oxygen atoms in total. The predicted octanol–water partition coefficient (Wildman–Crippen LogP) is 2.38. The monoisotopic (exact) mass is 272 g/mol. The van der Waals surface area contributed by atoms with Crippen LogP contribution in [0.25, 0.3) is 0 Å². The molecule has 3 heteroatoms. The van der Waals surface area contributed by atoms with Crippen LogP contribution in [-0.2, 0) is 10.2 Å². The third kappa shape index (κ3) is 5.07. The Hall–Kier alpha value is -1.79. The largest absolute Gasteiger partial charge is 0.348 e. The summed E-state index contributed by atoms with van der Waals surface area (Å²) in [6.45, 7) is 9.18. The normalized spacial score (nSPS) is 12.6. The number of benzene rings is 1. The smallest absolute Gasteiger partial charge is 0.234 e. The van der Waals surface area contributed by atoms with Gasteiger partial charge in [0.2, 0.25) is 5.91 Å². The molecule has 1 amide bonds. The lowest BCUT2D eigenvalue weighted by molar-refractivity contribution is -0.120. The summed E-state index contributed by atoms with van der Waals surface area (Å²) in [5.41, 5.74) is 2.53. The summed E-state index contributed by atoms with van der Waals surface area (Å²) in [5.74, 6) is 2.39. The van der Waals surface area contributed by atoms with Crippen LogP contribution in [0.1, 0.15) is 44.9 Å². The Morgan fingerprint density at radius 1 is 1.30 bits per heavy atom. The molecule has 2 N–H and O–H groups in total. The van der Waals surface area contributed by atoms with E-state index >= 15 is 0 Å². The van der Waals surface area contributed by atoms with Crippen LogP contribution in [0, 0.1) is 12.3 Å². The molecular formula is C17H24N2O. The van der Waals surface area contributed by atoms with Crippen molar-refractivity contribution >= 4 is 5.91 Å². The summed E-state index contributed by atoms with van der Waals surface area (Å²) in [6.07, 6.45) is 5.11. The van der Waals surface area contributed by atoms with E-state index in [4.69, 9.17) is 6.42 Å². The van der Waals surface area contributed by atoms with Gasteiger partial charge in [-0.2, -0.15) is 0 Å². The van der Waals surface area contributed by atoms with Gasteiger partial charge in [0.05, 0.1) is 19.1 Å². The lowest BCUT2D eigenvalue weighted by Crippen LogP contribution is -2.35. The van der Waals surface area contributed by atoms with E-state index in [1.54, 1.807) is 0 Å². The molecule has 0 aliphatic carbocycles. The number of carbonyl (C=O) groups excluding carboxylic acids is 1. The Kier molecular flexibility index (Phi) is 5.79. The van der Waals surface area contributed by atoms with Gasteiger partial charge < -0.3 is 5.32 Å². The molecule has 0 heterocycles. The van der Waals surface area contributed by atoms with Gasteiger partial charge in [0.15, 0.2) is 0 Å². The molecule has 0 aromatic heterocycles. The van der Waals surface area contributed by atoms with E-state index in [1.807, 2.05) is 6.92 Å². The maximum absolute atomic E-state index is 11.7. The Balaban J connectivity index is 2.58. The summed E-state index contributed by atoms with van der Waals surface area (Å²) in [5, 5.41) is 5.82. The Bertz CT molecular complexity index is 477. The molecule has 108 valence electrons. The van der Waals surface area contributed by atoms with Gasteiger partial charge in [-0.25, -0.2) is 0 Å². The summed E-state index contributed by atoms with van der Waals surface area (Å²) in [7, 11) is 0. The van der Waals surface area contributed by atoms with Crippen molar-refractivity contribution in [2.75, 3.05) is 13.1 Å². The first-order valence-corrected chi connectivity index (χ1v) is 6.88. The fraction of sp³-hybridized carbons (Fsp3) is 0.471. The number of carbonyl (C=O) groups is 1. The minimum Gasteiger partial charge on any atom is -0.348 e. The summed E-state index contributed by atoms with van der Waals surface area (Å²) >= 11 is 0. The van der Waals surface area contributed by atoms with Crippen LogP contribution in [-0.4, -0.2) is 19.0 Å². The van der Waals surface area contributed by atoms with Gasteiger partial charge in [-0.05, 0) is 23.5 Å². The second-order valence-electron chi connectivity index (χ2n) is 5.97. The van der Waals surface area contributed by atoms with Crippen LogP contribution in [0.15, 0.2) is 24.3 Å². The standard InChI is InChI=1S/C17H24N2O/c1-6-11-18-12-16(20)19-13(2)14-7-9-15(10-8-14)17(3,4)5/h1,7-10,13,18H,11-12H2,2-5H3,(H,19,20). The second kappa shape index (κ2) is 7.12. The van der Waals surface area contributed by atoms with Crippen molar-refractivity contribution in [3.05, 3.63) is 35.4 Å². The predicted molar refractivity (Wildman–Crippen MR) is 83.4 cm³/mol. The fourth-order valence-corrected chi connectivity index (χ4v) is 1.90. The molecule has 0 radical (unpaired) electrons. The molecule has 0 fully saturated rings. The van der Waals surface area contributed by atoms with Crippen molar-refractivity contribution in [3.8, 4) is 12.3 Å². The van der Waals surface area contributed by atoms with E-state index in [1.165, 1.54) is 5.56 Å². The fourth-order valence-electron chi connectivity index (χ4n) is 1.90. The highest BCUT2D eigenvalue weighted by Gasteiger charge is 2.14. The number of nitrogens with one attached hydrogen (secondary N) is 2. The zero-order chi connectivity index (χ0) is 15.2. The summed E-state index contributed by atoms with van der Waals surface area (Å²) in [6, 6.07) is 8.37. The van der Waals surface area contributed by atoms with Crippen molar-refractivity contribution in [1.29, 1.82) is 0 Å². The van der Waals surface area contributed by atoms with Crippen LogP contribution in [0.4, 0.5) is 0 Å². The zero-order valence-electron chi connectivity index (χ0n) is 12.8. The van der Waals surface area contributed by atoms with Crippen LogP contribution < -0.4 is 10.6 Å². The summed E-state index contributed by atoms with van der Waals surface area (Å²) in [4.78, 5) is 11.7. The van der Waals surface area contributed by atoms with Crippen LogP contribution >= 0.6 is 0 Å². The Morgan fingerprint density at radius 3 is 2.40 bits per heavy atom. The quantitative estimate of drug-likeness (QED) is 0.638. The maximum Gasteiger partial charge on any atom is 0.234 e. The van der Waals surface area contributed by atoms with E-state index in [9.17, 15) is 4.79 Å². The van der Waals surface area contributed by atoms with Crippen molar-refractivity contribution in [3.63, 3.8) is 0 Å². The maximum atomic E-state index is 11.7. The number of hydrogen-bond acceptors (Lipinski definition) is 2. The van der Waals surface area contributed by atoms with E-state index < -0.39 is 0 Å². The molecule has 0 aliphatic rings. The van der Waals surface area contributed by atoms with E-state index in [0.717, 1.165) is 5.56 Å². The number of terminal acetylenes is 1. The molecular weight excluding hydrogens is 248 g/mol. The first-order chi connectivity index (χ1) is 9.34. The topological polar surface area (TPSA) is 41.1 Å². The van der Waals surface area contributed by atoms with Gasteiger partial charge in [0, 0.05) is 0 Å².